The van der Waals surface area contributed by atoms with Crippen LogP contribution in [0.1, 0.15) is 49.8 Å². The fourth-order valence-electron chi connectivity index (χ4n) is 1.86. The molecule has 20 heavy (non-hydrogen) atoms. The fourth-order valence-corrected chi connectivity index (χ4v) is 1.86. The number of aromatic nitrogens is 1. The molecule has 3 N–H and O–H groups in total. The summed E-state index contributed by atoms with van der Waals surface area (Å²) in [5.41, 5.74) is 7.32. The van der Waals surface area contributed by atoms with Gasteiger partial charge in [0.05, 0.1) is 12.6 Å². The molecule has 0 aliphatic carbocycles. The minimum Gasteiger partial charge on any atom is -0.380 e. The lowest BCUT2D eigenvalue weighted by Crippen LogP contribution is -2.20. The van der Waals surface area contributed by atoms with Gasteiger partial charge in [0.2, 0.25) is 0 Å². The summed E-state index contributed by atoms with van der Waals surface area (Å²) >= 11 is 0. The summed E-state index contributed by atoms with van der Waals surface area (Å²) in [6.07, 6.45) is 3.01. The third-order valence-electron chi connectivity index (χ3n) is 2.79. The van der Waals surface area contributed by atoms with Gasteiger partial charge in [-0.05, 0) is 25.0 Å². The fraction of sp³-hybridized carbons (Fsp3) is 0.600. The number of nitrogens with one attached hydrogen (secondary N) is 1. The maximum Gasteiger partial charge on any atom is 0.267 e. The lowest BCUT2D eigenvalue weighted by atomic mass is 10.2. The summed E-state index contributed by atoms with van der Waals surface area (Å²) in [7, 11) is 0. The molecule has 1 amide bonds. The quantitative estimate of drug-likeness (QED) is 0.887. The summed E-state index contributed by atoms with van der Waals surface area (Å²) in [6, 6.07) is 3.95. The Morgan fingerprint density at radius 1 is 1.45 bits per heavy atom. The smallest absolute Gasteiger partial charge is 0.267 e. The SMILES string of the molecule is CCC.CCc1cc(NC2CCOC2)cc(C(N)=O)n1. The Hall–Kier alpha value is -1.62. The van der Waals surface area contributed by atoms with E-state index >= 15 is 0 Å². The number of hydrogen-bond acceptors (Lipinski definition) is 4. The first kappa shape index (κ1) is 16.4. The predicted molar refractivity (Wildman–Crippen MR) is 80.9 cm³/mol. The van der Waals surface area contributed by atoms with Gasteiger partial charge in [-0.25, -0.2) is 4.98 Å². The molecule has 1 aliphatic heterocycles. The number of hydrogen-bond donors (Lipinski definition) is 2. The molecule has 1 unspecified atom stereocenters. The number of nitrogens with two attached hydrogens (primary N) is 1. The average Bonchev–Trinajstić information content (AvgIpc) is 2.92. The number of carbonyl (C=O) groups excluding carboxylic acids is 1. The molecule has 5 nitrogen and oxygen atoms in total. The zero-order chi connectivity index (χ0) is 15.0. The molecule has 0 spiro atoms. The number of anilines is 1. The van der Waals surface area contributed by atoms with E-state index in [1.165, 1.54) is 6.42 Å². The van der Waals surface area contributed by atoms with Crippen LogP contribution in [0, 0.1) is 0 Å². The molecule has 2 rings (SSSR count). The van der Waals surface area contributed by atoms with Gasteiger partial charge in [-0.1, -0.05) is 27.2 Å². The molecule has 1 saturated heterocycles. The third kappa shape index (κ3) is 5.17. The van der Waals surface area contributed by atoms with Crippen molar-refractivity contribution in [1.82, 2.24) is 4.98 Å². The van der Waals surface area contributed by atoms with Crippen molar-refractivity contribution in [2.45, 2.75) is 46.1 Å². The van der Waals surface area contributed by atoms with Gasteiger partial charge in [-0.2, -0.15) is 0 Å². The Balaban J connectivity index is 0.000000612. The Morgan fingerprint density at radius 2 is 2.15 bits per heavy atom. The van der Waals surface area contributed by atoms with Gasteiger partial charge < -0.3 is 15.8 Å². The molecule has 0 radical (unpaired) electrons. The zero-order valence-corrected chi connectivity index (χ0v) is 12.6. The largest absolute Gasteiger partial charge is 0.380 e. The van der Waals surface area contributed by atoms with Crippen LogP contribution in [-0.4, -0.2) is 30.1 Å². The molecule has 5 heteroatoms. The zero-order valence-electron chi connectivity index (χ0n) is 12.6. The number of carbonyl (C=O) groups is 1. The van der Waals surface area contributed by atoms with E-state index in [1.54, 1.807) is 6.07 Å². The van der Waals surface area contributed by atoms with Crippen LogP contribution in [0.3, 0.4) is 0 Å². The van der Waals surface area contributed by atoms with Gasteiger partial charge in [0.1, 0.15) is 5.69 Å². The van der Waals surface area contributed by atoms with Gasteiger partial charge in [-0.3, -0.25) is 4.79 Å². The van der Waals surface area contributed by atoms with Crippen LogP contribution in [0.5, 0.6) is 0 Å². The predicted octanol–water partition coefficient (Wildman–Crippen LogP) is 2.36. The molecule has 1 aromatic rings. The first-order valence-electron chi connectivity index (χ1n) is 7.25. The van der Waals surface area contributed by atoms with Gasteiger partial charge in [0, 0.05) is 18.0 Å². The molecule has 0 aromatic carbocycles. The first-order valence-corrected chi connectivity index (χ1v) is 7.25. The van der Waals surface area contributed by atoms with Gasteiger partial charge in [0.15, 0.2) is 0 Å². The van der Waals surface area contributed by atoms with E-state index in [0.717, 1.165) is 30.8 Å². The van der Waals surface area contributed by atoms with E-state index in [9.17, 15) is 4.79 Å². The number of nitrogens with zero attached hydrogens (tertiary/aromatic N) is 1. The molecule has 0 bridgehead atoms. The number of amides is 1. The van der Waals surface area contributed by atoms with E-state index < -0.39 is 5.91 Å². The van der Waals surface area contributed by atoms with Crippen LogP contribution in [0.4, 0.5) is 5.69 Å². The standard InChI is InChI=1S/C12H17N3O2.C3H8/c1-2-8-5-10(6-11(15-8)12(13)16)14-9-3-4-17-7-9;1-3-2/h5-6,9H,2-4,7H2,1H3,(H2,13,16)(H,14,15);3H2,1-2H3. The number of rotatable bonds is 4. The second-order valence-electron chi connectivity index (χ2n) is 4.86. The Morgan fingerprint density at radius 3 is 2.65 bits per heavy atom. The van der Waals surface area contributed by atoms with Crippen LogP contribution in [0.2, 0.25) is 0 Å². The second-order valence-corrected chi connectivity index (χ2v) is 4.86. The normalized spacial score (nSPS) is 17.2. The lowest BCUT2D eigenvalue weighted by molar-refractivity contribution is 0.0995. The Bertz CT molecular complexity index is 429. The van der Waals surface area contributed by atoms with Crippen LogP contribution in [0.15, 0.2) is 12.1 Å². The number of aryl methyl sites for hydroxylation is 1. The van der Waals surface area contributed by atoms with E-state index in [0.29, 0.717) is 18.3 Å². The van der Waals surface area contributed by atoms with Crippen molar-refractivity contribution < 1.29 is 9.53 Å². The summed E-state index contributed by atoms with van der Waals surface area (Å²) in [5.74, 6) is -0.494. The Kier molecular flexibility index (Phi) is 7.01. The highest BCUT2D eigenvalue weighted by molar-refractivity contribution is 5.91. The van der Waals surface area contributed by atoms with Crippen LogP contribution < -0.4 is 11.1 Å². The summed E-state index contributed by atoms with van der Waals surface area (Å²) in [5, 5.41) is 3.34. The van der Waals surface area contributed by atoms with Gasteiger partial charge in [0.25, 0.3) is 5.91 Å². The van der Waals surface area contributed by atoms with Gasteiger partial charge >= 0.3 is 0 Å². The van der Waals surface area contributed by atoms with Crippen LogP contribution in [0.25, 0.3) is 0 Å². The Labute approximate surface area is 120 Å². The molecule has 1 aromatic heterocycles. The topological polar surface area (TPSA) is 77.2 Å². The van der Waals surface area contributed by atoms with E-state index in [2.05, 4.69) is 24.1 Å². The summed E-state index contributed by atoms with van der Waals surface area (Å²) < 4.78 is 5.29. The minimum absolute atomic E-state index is 0.308. The van der Waals surface area contributed by atoms with Crippen LogP contribution >= 0.6 is 0 Å². The van der Waals surface area contributed by atoms with Crippen molar-refractivity contribution in [3.63, 3.8) is 0 Å². The van der Waals surface area contributed by atoms with Gasteiger partial charge in [-0.15, -0.1) is 0 Å². The van der Waals surface area contributed by atoms with Crippen molar-refractivity contribution in [2.75, 3.05) is 18.5 Å². The second kappa shape index (κ2) is 8.53. The average molecular weight is 279 g/mol. The van der Waals surface area contributed by atoms with Crippen molar-refractivity contribution in [1.29, 1.82) is 0 Å². The molecule has 2 heterocycles. The monoisotopic (exact) mass is 279 g/mol. The molecular formula is C15H25N3O2. The molecule has 0 saturated carbocycles. The van der Waals surface area contributed by atoms with Crippen LogP contribution in [-0.2, 0) is 11.2 Å². The van der Waals surface area contributed by atoms with Crippen molar-refractivity contribution in [2.24, 2.45) is 5.73 Å². The first-order chi connectivity index (χ1) is 9.60. The van der Waals surface area contributed by atoms with E-state index in [4.69, 9.17) is 10.5 Å². The highest BCUT2D eigenvalue weighted by Gasteiger charge is 2.16. The molecule has 1 aliphatic rings. The van der Waals surface area contributed by atoms with Crippen molar-refractivity contribution in [3.8, 4) is 0 Å². The highest BCUT2D eigenvalue weighted by atomic mass is 16.5. The minimum atomic E-state index is -0.494. The molecule has 1 atom stereocenters. The van der Waals surface area contributed by atoms with Crippen molar-refractivity contribution in [3.05, 3.63) is 23.5 Å². The number of primary amides is 1. The maximum atomic E-state index is 11.2. The summed E-state index contributed by atoms with van der Waals surface area (Å²) in [4.78, 5) is 15.3. The summed E-state index contributed by atoms with van der Waals surface area (Å²) in [6.45, 7) is 7.73. The molecular weight excluding hydrogens is 254 g/mol. The maximum absolute atomic E-state index is 11.2. The van der Waals surface area contributed by atoms with E-state index in [1.807, 2.05) is 13.0 Å². The highest BCUT2D eigenvalue weighted by Crippen LogP contribution is 2.16. The molecule has 1 fully saturated rings. The van der Waals surface area contributed by atoms with Crippen molar-refractivity contribution >= 4 is 11.6 Å². The molecule has 112 valence electrons. The number of ether oxygens (including phenoxy) is 1. The third-order valence-corrected chi connectivity index (χ3v) is 2.79. The number of pyridine rings is 1. The van der Waals surface area contributed by atoms with E-state index in [-0.39, 0.29) is 0 Å². The lowest BCUT2D eigenvalue weighted by Gasteiger charge is -2.13.